The van der Waals surface area contributed by atoms with Crippen LogP contribution in [-0.2, 0) is 4.74 Å². The van der Waals surface area contributed by atoms with Gasteiger partial charge in [0.1, 0.15) is 5.01 Å². The van der Waals surface area contributed by atoms with Crippen LogP contribution in [0.5, 0.6) is 0 Å². The van der Waals surface area contributed by atoms with Crippen molar-refractivity contribution in [3.63, 3.8) is 0 Å². The zero-order chi connectivity index (χ0) is 12.3. The summed E-state index contributed by atoms with van der Waals surface area (Å²) in [6.45, 7) is 9.22. The highest BCUT2D eigenvalue weighted by atomic mass is 32.1. The summed E-state index contributed by atoms with van der Waals surface area (Å²) in [4.78, 5) is 6.06. The molecule has 0 spiro atoms. The van der Waals surface area contributed by atoms with Gasteiger partial charge in [-0.2, -0.15) is 0 Å². The molecule has 1 atom stereocenters. The topological polar surface area (TPSA) is 34.2 Å². The molecule has 1 fully saturated rings. The molecule has 0 bridgehead atoms. The first-order valence-corrected chi connectivity index (χ1v) is 7.29. The van der Waals surface area contributed by atoms with Crippen LogP contribution in [0, 0.1) is 19.8 Å². The van der Waals surface area contributed by atoms with E-state index in [2.05, 4.69) is 26.1 Å². The Morgan fingerprint density at radius 3 is 2.65 bits per heavy atom. The average Bonchev–Trinajstić information content (AvgIpc) is 2.67. The summed E-state index contributed by atoms with van der Waals surface area (Å²) in [5.41, 5.74) is 1.18. The van der Waals surface area contributed by atoms with E-state index < -0.39 is 0 Å². The number of thiazole rings is 1. The SMILES string of the molecule is CCNC(c1nc(C)c(C)s1)C1CCOCC1. The van der Waals surface area contributed by atoms with E-state index in [1.54, 1.807) is 0 Å². The van der Waals surface area contributed by atoms with E-state index in [9.17, 15) is 0 Å². The highest BCUT2D eigenvalue weighted by Gasteiger charge is 2.27. The first kappa shape index (κ1) is 13.0. The average molecular weight is 254 g/mol. The molecule has 1 unspecified atom stereocenters. The molecular weight excluding hydrogens is 232 g/mol. The number of nitrogens with zero attached hydrogens (tertiary/aromatic N) is 1. The van der Waals surface area contributed by atoms with Gasteiger partial charge in [-0.25, -0.2) is 4.98 Å². The lowest BCUT2D eigenvalue weighted by Crippen LogP contribution is -2.32. The minimum absolute atomic E-state index is 0.418. The van der Waals surface area contributed by atoms with Gasteiger partial charge in [-0.1, -0.05) is 6.92 Å². The molecule has 0 saturated carbocycles. The van der Waals surface area contributed by atoms with Crippen LogP contribution >= 0.6 is 11.3 Å². The van der Waals surface area contributed by atoms with Crippen molar-refractivity contribution in [2.45, 2.75) is 39.7 Å². The number of aromatic nitrogens is 1. The third kappa shape index (κ3) is 3.06. The number of hydrogen-bond donors (Lipinski definition) is 1. The van der Waals surface area contributed by atoms with Gasteiger partial charge in [0.15, 0.2) is 0 Å². The first-order chi connectivity index (χ1) is 8.22. The van der Waals surface area contributed by atoms with E-state index in [1.165, 1.54) is 15.6 Å². The van der Waals surface area contributed by atoms with E-state index in [4.69, 9.17) is 9.72 Å². The molecule has 17 heavy (non-hydrogen) atoms. The molecule has 1 saturated heterocycles. The van der Waals surface area contributed by atoms with Crippen molar-refractivity contribution in [3.8, 4) is 0 Å². The molecule has 1 aliphatic heterocycles. The Morgan fingerprint density at radius 1 is 1.41 bits per heavy atom. The molecule has 3 nitrogen and oxygen atoms in total. The third-order valence-electron chi connectivity index (χ3n) is 3.47. The molecule has 1 aliphatic rings. The Morgan fingerprint density at radius 2 is 2.12 bits per heavy atom. The fourth-order valence-corrected chi connectivity index (χ4v) is 3.45. The van der Waals surface area contributed by atoms with Crippen molar-refractivity contribution in [2.24, 2.45) is 5.92 Å². The maximum Gasteiger partial charge on any atom is 0.110 e. The number of nitrogens with one attached hydrogen (secondary N) is 1. The summed E-state index contributed by atoms with van der Waals surface area (Å²) in [5.74, 6) is 0.675. The Bertz CT molecular complexity index is 339. The Balaban J connectivity index is 2.15. The third-order valence-corrected chi connectivity index (χ3v) is 4.63. The lowest BCUT2D eigenvalue weighted by Gasteiger charge is -2.29. The maximum absolute atomic E-state index is 5.45. The minimum atomic E-state index is 0.418. The Labute approximate surface area is 108 Å². The minimum Gasteiger partial charge on any atom is -0.381 e. The number of rotatable bonds is 4. The van der Waals surface area contributed by atoms with Crippen molar-refractivity contribution in [2.75, 3.05) is 19.8 Å². The summed E-state index contributed by atoms with van der Waals surface area (Å²) in [6.07, 6.45) is 2.30. The first-order valence-electron chi connectivity index (χ1n) is 6.47. The van der Waals surface area contributed by atoms with E-state index in [0.717, 1.165) is 32.6 Å². The summed E-state index contributed by atoms with van der Waals surface area (Å²) in [6, 6.07) is 0.418. The normalized spacial score (nSPS) is 19.5. The van der Waals surface area contributed by atoms with Crippen LogP contribution in [0.2, 0.25) is 0 Å². The summed E-state index contributed by atoms with van der Waals surface area (Å²) < 4.78 is 5.45. The van der Waals surface area contributed by atoms with Gasteiger partial charge in [0.05, 0.1) is 11.7 Å². The highest BCUT2D eigenvalue weighted by Crippen LogP contribution is 2.33. The van der Waals surface area contributed by atoms with Crippen LogP contribution in [0.3, 0.4) is 0 Å². The van der Waals surface area contributed by atoms with Crippen LogP contribution in [0.15, 0.2) is 0 Å². The van der Waals surface area contributed by atoms with E-state index >= 15 is 0 Å². The highest BCUT2D eigenvalue weighted by molar-refractivity contribution is 7.11. The zero-order valence-corrected chi connectivity index (χ0v) is 11.8. The molecule has 4 heteroatoms. The second kappa shape index (κ2) is 5.94. The molecular formula is C13H22N2OS. The predicted octanol–water partition coefficient (Wildman–Crippen LogP) is 2.84. The van der Waals surface area contributed by atoms with Gasteiger partial charge in [0, 0.05) is 18.1 Å². The lowest BCUT2D eigenvalue weighted by molar-refractivity contribution is 0.0538. The Hall–Kier alpha value is -0.450. The number of hydrogen-bond acceptors (Lipinski definition) is 4. The molecule has 2 rings (SSSR count). The van der Waals surface area contributed by atoms with Crippen molar-refractivity contribution < 1.29 is 4.74 Å². The molecule has 0 aromatic carbocycles. The van der Waals surface area contributed by atoms with E-state index in [1.807, 2.05) is 11.3 Å². The lowest BCUT2D eigenvalue weighted by atomic mass is 9.92. The summed E-state index contributed by atoms with van der Waals surface area (Å²) in [5, 5.41) is 4.86. The number of aryl methyl sites for hydroxylation is 2. The molecule has 0 aliphatic carbocycles. The smallest absolute Gasteiger partial charge is 0.110 e. The molecule has 96 valence electrons. The molecule has 1 aromatic rings. The van der Waals surface area contributed by atoms with E-state index in [0.29, 0.717) is 12.0 Å². The number of ether oxygens (including phenoxy) is 1. The van der Waals surface area contributed by atoms with Gasteiger partial charge in [-0.3, -0.25) is 0 Å². The molecule has 0 amide bonds. The second-order valence-corrected chi connectivity index (χ2v) is 5.91. The van der Waals surface area contributed by atoms with Crippen LogP contribution in [0.25, 0.3) is 0 Å². The predicted molar refractivity (Wildman–Crippen MR) is 71.5 cm³/mol. The monoisotopic (exact) mass is 254 g/mol. The largest absolute Gasteiger partial charge is 0.381 e. The Kier molecular flexibility index (Phi) is 4.54. The van der Waals surface area contributed by atoms with Gasteiger partial charge < -0.3 is 10.1 Å². The molecule has 1 N–H and O–H groups in total. The van der Waals surface area contributed by atoms with Crippen molar-refractivity contribution in [1.29, 1.82) is 0 Å². The quantitative estimate of drug-likeness (QED) is 0.897. The second-order valence-electron chi connectivity index (χ2n) is 4.68. The van der Waals surface area contributed by atoms with E-state index in [-0.39, 0.29) is 0 Å². The molecule has 1 aromatic heterocycles. The van der Waals surface area contributed by atoms with Gasteiger partial charge in [0.25, 0.3) is 0 Å². The van der Waals surface area contributed by atoms with Crippen LogP contribution < -0.4 is 5.32 Å². The molecule has 2 heterocycles. The van der Waals surface area contributed by atoms with Crippen LogP contribution in [-0.4, -0.2) is 24.7 Å². The standard InChI is InChI=1S/C13H22N2OS/c1-4-14-12(11-5-7-16-8-6-11)13-15-9(2)10(3)17-13/h11-12,14H,4-8H2,1-3H3. The van der Waals surface area contributed by atoms with Crippen LogP contribution in [0.4, 0.5) is 0 Å². The summed E-state index contributed by atoms with van der Waals surface area (Å²) in [7, 11) is 0. The zero-order valence-electron chi connectivity index (χ0n) is 11.0. The summed E-state index contributed by atoms with van der Waals surface area (Å²) >= 11 is 1.84. The fraction of sp³-hybridized carbons (Fsp3) is 0.769. The fourth-order valence-electron chi connectivity index (χ4n) is 2.36. The van der Waals surface area contributed by atoms with Crippen LogP contribution in [0.1, 0.15) is 41.4 Å². The van der Waals surface area contributed by atoms with Crippen molar-refractivity contribution in [3.05, 3.63) is 15.6 Å². The van der Waals surface area contributed by atoms with Gasteiger partial charge >= 0.3 is 0 Å². The van der Waals surface area contributed by atoms with Gasteiger partial charge in [0.2, 0.25) is 0 Å². The van der Waals surface area contributed by atoms with Crippen molar-refractivity contribution >= 4 is 11.3 Å². The van der Waals surface area contributed by atoms with Gasteiger partial charge in [-0.05, 0) is 39.2 Å². The molecule has 0 radical (unpaired) electrons. The van der Waals surface area contributed by atoms with Gasteiger partial charge in [-0.15, -0.1) is 11.3 Å². The maximum atomic E-state index is 5.45. The van der Waals surface area contributed by atoms with Crippen molar-refractivity contribution in [1.82, 2.24) is 10.3 Å².